The fourth-order valence-corrected chi connectivity index (χ4v) is 2.26. The second-order valence-corrected chi connectivity index (χ2v) is 5.41. The molecule has 1 aromatic heterocycles. The van der Waals surface area contributed by atoms with Crippen LogP contribution in [0.3, 0.4) is 0 Å². The van der Waals surface area contributed by atoms with Crippen LogP contribution in [0, 0.1) is 27.7 Å². The van der Waals surface area contributed by atoms with Gasteiger partial charge in [-0.1, -0.05) is 12.1 Å². The highest BCUT2D eigenvalue weighted by Crippen LogP contribution is 2.19. The van der Waals surface area contributed by atoms with Gasteiger partial charge in [-0.15, -0.1) is 0 Å². The molecule has 0 fully saturated rings. The van der Waals surface area contributed by atoms with Crippen molar-refractivity contribution in [3.63, 3.8) is 0 Å². The van der Waals surface area contributed by atoms with Crippen LogP contribution < -0.4 is 5.32 Å². The lowest BCUT2D eigenvalue weighted by Gasteiger charge is -2.14. The van der Waals surface area contributed by atoms with Gasteiger partial charge in [-0.2, -0.15) is 0 Å². The molecule has 1 atom stereocenters. The Morgan fingerprint density at radius 3 is 2.32 bits per heavy atom. The van der Waals surface area contributed by atoms with Gasteiger partial charge < -0.3 is 9.73 Å². The average molecular weight is 257 g/mol. The number of benzene rings is 1. The van der Waals surface area contributed by atoms with Crippen molar-refractivity contribution in [2.75, 3.05) is 0 Å². The molecule has 1 unspecified atom stereocenters. The van der Waals surface area contributed by atoms with E-state index in [-0.39, 0.29) is 6.04 Å². The Labute approximate surface area is 115 Å². The zero-order valence-corrected chi connectivity index (χ0v) is 12.5. The Morgan fingerprint density at radius 1 is 1.00 bits per heavy atom. The van der Waals surface area contributed by atoms with Crippen molar-refractivity contribution in [1.29, 1.82) is 0 Å². The lowest BCUT2D eigenvalue weighted by Crippen LogP contribution is -2.18. The summed E-state index contributed by atoms with van der Waals surface area (Å²) in [5, 5.41) is 3.52. The van der Waals surface area contributed by atoms with E-state index in [0.717, 1.165) is 18.1 Å². The minimum absolute atomic E-state index is 0.231. The summed E-state index contributed by atoms with van der Waals surface area (Å²) in [7, 11) is 0. The number of rotatable bonds is 4. The van der Waals surface area contributed by atoms with Crippen molar-refractivity contribution in [3.05, 3.63) is 58.0 Å². The van der Waals surface area contributed by atoms with Crippen LogP contribution in [0.15, 0.2) is 28.7 Å². The number of furan rings is 1. The van der Waals surface area contributed by atoms with Crippen LogP contribution in [0.1, 0.15) is 46.7 Å². The maximum Gasteiger partial charge on any atom is 0.120 e. The molecule has 1 aromatic carbocycles. The molecule has 2 aromatic rings. The summed E-state index contributed by atoms with van der Waals surface area (Å²) in [5.41, 5.74) is 5.41. The Hall–Kier alpha value is -1.54. The Kier molecular flexibility index (Phi) is 4.11. The zero-order valence-electron chi connectivity index (χ0n) is 12.5. The van der Waals surface area contributed by atoms with E-state index in [2.05, 4.69) is 45.1 Å². The number of hydrogen-bond acceptors (Lipinski definition) is 2. The van der Waals surface area contributed by atoms with Crippen LogP contribution in [0.4, 0.5) is 0 Å². The molecular formula is C17H23NO. The summed E-state index contributed by atoms with van der Waals surface area (Å²) in [6.45, 7) is 11.5. The molecule has 0 aliphatic heterocycles. The van der Waals surface area contributed by atoms with Crippen LogP contribution >= 0.6 is 0 Å². The van der Waals surface area contributed by atoms with Crippen molar-refractivity contribution in [1.82, 2.24) is 5.32 Å². The minimum atomic E-state index is 0.231. The van der Waals surface area contributed by atoms with Crippen LogP contribution in [0.5, 0.6) is 0 Å². The van der Waals surface area contributed by atoms with Gasteiger partial charge >= 0.3 is 0 Å². The lowest BCUT2D eigenvalue weighted by atomic mass is 10.0. The summed E-state index contributed by atoms with van der Waals surface area (Å²) in [6, 6.07) is 8.82. The predicted molar refractivity (Wildman–Crippen MR) is 79.4 cm³/mol. The molecule has 102 valence electrons. The highest BCUT2D eigenvalue weighted by Gasteiger charge is 2.10. The van der Waals surface area contributed by atoms with Crippen LogP contribution in [0.2, 0.25) is 0 Å². The third-order valence-corrected chi connectivity index (χ3v) is 3.74. The van der Waals surface area contributed by atoms with Crippen molar-refractivity contribution < 1.29 is 4.42 Å². The van der Waals surface area contributed by atoms with E-state index >= 15 is 0 Å². The van der Waals surface area contributed by atoms with Gasteiger partial charge in [0.25, 0.3) is 0 Å². The molecule has 0 aliphatic rings. The summed E-state index contributed by atoms with van der Waals surface area (Å²) in [6.07, 6.45) is 0. The average Bonchev–Trinajstić information content (AvgIpc) is 2.78. The second-order valence-electron chi connectivity index (χ2n) is 5.41. The molecule has 0 bridgehead atoms. The summed E-state index contributed by atoms with van der Waals surface area (Å²) < 4.78 is 5.64. The van der Waals surface area contributed by atoms with Gasteiger partial charge in [0.2, 0.25) is 0 Å². The number of aryl methyl sites for hydroxylation is 4. The third-order valence-electron chi connectivity index (χ3n) is 3.74. The van der Waals surface area contributed by atoms with Crippen molar-refractivity contribution in [2.45, 2.75) is 47.2 Å². The topological polar surface area (TPSA) is 25.2 Å². The zero-order chi connectivity index (χ0) is 14.0. The molecular weight excluding hydrogens is 234 g/mol. The SMILES string of the molecule is Cc1ccc(C(C)NCc2cc(C)c(C)cc2C)o1. The van der Waals surface area contributed by atoms with E-state index in [9.17, 15) is 0 Å². The van der Waals surface area contributed by atoms with E-state index in [4.69, 9.17) is 4.42 Å². The molecule has 1 N–H and O–H groups in total. The third kappa shape index (κ3) is 3.27. The summed E-state index contributed by atoms with van der Waals surface area (Å²) >= 11 is 0. The fourth-order valence-electron chi connectivity index (χ4n) is 2.26. The van der Waals surface area contributed by atoms with Gasteiger partial charge in [-0.3, -0.25) is 0 Å². The van der Waals surface area contributed by atoms with Gasteiger partial charge in [-0.25, -0.2) is 0 Å². The van der Waals surface area contributed by atoms with Crippen molar-refractivity contribution in [3.8, 4) is 0 Å². The van der Waals surface area contributed by atoms with Gasteiger partial charge in [-0.05, 0) is 69.0 Å². The molecule has 0 saturated heterocycles. The standard InChI is InChI=1S/C17H23NO/c1-11-8-13(3)16(9-12(11)2)10-18-15(5)17-7-6-14(4)19-17/h6-9,15,18H,10H2,1-5H3. The van der Waals surface area contributed by atoms with Crippen molar-refractivity contribution >= 4 is 0 Å². The predicted octanol–water partition coefficient (Wildman–Crippen LogP) is 4.36. The Bertz CT molecular complexity index is 569. The molecule has 0 saturated carbocycles. The second kappa shape index (κ2) is 5.62. The van der Waals surface area contributed by atoms with E-state index in [1.165, 1.54) is 22.3 Å². The maximum absolute atomic E-state index is 5.64. The largest absolute Gasteiger partial charge is 0.465 e. The molecule has 2 rings (SSSR count). The quantitative estimate of drug-likeness (QED) is 0.880. The highest BCUT2D eigenvalue weighted by molar-refractivity contribution is 5.36. The Balaban J connectivity index is 2.04. The fraction of sp³-hybridized carbons (Fsp3) is 0.412. The molecule has 1 heterocycles. The van der Waals surface area contributed by atoms with Gasteiger partial charge in [0.05, 0.1) is 6.04 Å². The molecule has 0 radical (unpaired) electrons. The number of nitrogens with one attached hydrogen (secondary N) is 1. The van der Waals surface area contributed by atoms with E-state index in [1.807, 2.05) is 19.1 Å². The number of hydrogen-bond donors (Lipinski definition) is 1. The normalized spacial score (nSPS) is 12.7. The van der Waals surface area contributed by atoms with E-state index < -0.39 is 0 Å². The molecule has 2 nitrogen and oxygen atoms in total. The van der Waals surface area contributed by atoms with Gasteiger partial charge in [0, 0.05) is 6.54 Å². The molecule has 0 aliphatic carbocycles. The van der Waals surface area contributed by atoms with E-state index in [0.29, 0.717) is 0 Å². The lowest BCUT2D eigenvalue weighted by molar-refractivity contribution is 0.415. The highest BCUT2D eigenvalue weighted by atomic mass is 16.3. The van der Waals surface area contributed by atoms with Crippen LogP contribution in [-0.2, 0) is 6.54 Å². The minimum Gasteiger partial charge on any atom is -0.465 e. The first kappa shape index (κ1) is 13.9. The van der Waals surface area contributed by atoms with Gasteiger partial charge in [0.1, 0.15) is 11.5 Å². The first-order chi connectivity index (χ1) is 8.97. The molecule has 0 amide bonds. The molecule has 0 spiro atoms. The van der Waals surface area contributed by atoms with Crippen LogP contribution in [0.25, 0.3) is 0 Å². The Morgan fingerprint density at radius 2 is 1.68 bits per heavy atom. The maximum atomic E-state index is 5.64. The van der Waals surface area contributed by atoms with Crippen molar-refractivity contribution in [2.24, 2.45) is 0 Å². The molecule has 19 heavy (non-hydrogen) atoms. The van der Waals surface area contributed by atoms with E-state index in [1.54, 1.807) is 0 Å². The molecule has 2 heteroatoms. The van der Waals surface area contributed by atoms with Crippen LogP contribution in [-0.4, -0.2) is 0 Å². The monoisotopic (exact) mass is 257 g/mol. The smallest absolute Gasteiger partial charge is 0.120 e. The summed E-state index contributed by atoms with van der Waals surface area (Å²) in [4.78, 5) is 0. The first-order valence-corrected chi connectivity index (χ1v) is 6.84. The van der Waals surface area contributed by atoms with Gasteiger partial charge in [0.15, 0.2) is 0 Å². The summed E-state index contributed by atoms with van der Waals surface area (Å²) in [5.74, 6) is 1.96. The first-order valence-electron chi connectivity index (χ1n) is 6.84.